The van der Waals surface area contributed by atoms with Gasteiger partial charge in [-0.1, -0.05) is 0 Å². The highest BCUT2D eigenvalue weighted by Crippen LogP contribution is 2.11. The van der Waals surface area contributed by atoms with E-state index in [4.69, 9.17) is 5.73 Å². The van der Waals surface area contributed by atoms with Crippen LogP contribution in [0.15, 0.2) is 6.20 Å². The fourth-order valence-corrected chi connectivity index (χ4v) is 2.05. The maximum atomic E-state index is 12.5. The van der Waals surface area contributed by atoms with Gasteiger partial charge < -0.3 is 16.0 Å². The van der Waals surface area contributed by atoms with E-state index < -0.39 is 0 Å². The van der Waals surface area contributed by atoms with Crippen LogP contribution in [0.2, 0.25) is 0 Å². The molecule has 0 aromatic carbocycles. The van der Waals surface area contributed by atoms with Crippen molar-refractivity contribution in [3.05, 3.63) is 17.5 Å². The molecule has 0 aliphatic carbocycles. The highest BCUT2D eigenvalue weighted by atomic mass is 16.2. The van der Waals surface area contributed by atoms with E-state index >= 15 is 0 Å². The fraction of sp³-hybridized carbons (Fsp3) is 0.643. The molecule has 1 aromatic heterocycles. The van der Waals surface area contributed by atoms with Crippen molar-refractivity contribution in [2.24, 2.45) is 5.73 Å². The van der Waals surface area contributed by atoms with Crippen LogP contribution >= 0.6 is 0 Å². The van der Waals surface area contributed by atoms with Crippen molar-refractivity contribution in [2.75, 3.05) is 26.2 Å². The van der Waals surface area contributed by atoms with Gasteiger partial charge in [-0.05, 0) is 33.7 Å². The van der Waals surface area contributed by atoms with Crippen molar-refractivity contribution >= 4 is 11.8 Å². The monoisotopic (exact) mass is 295 g/mol. The Bertz CT molecular complexity index is 484. The van der Waals surface area contributed by atoms with Gasteiger partial charge >= 0.3 is 0 Å². The van der Waals surface area contributed by atoms with Crippen molar-refractivity contribution in [1.82, 2.24) is 20.0 Å². The molecule has 21 heavy (non-hydrogen) atoms. The highest BCUT2D eigenvalue weighted by molar-refractivity contribution is 5.97. The van der Waals surface area contributed by atoms with Gasteiger partial charge in [0.05, 0.1) is 18.3 Å². The molecular formula is C14H25N5O2. The lowest BCUT2D eigenvalue weighted by Crippen LogP contribution is -2.40. The number of nitrogens with one attached hydrogen (secondary N) is 1. The Morgan fingerprint density at radius 3 is 2.71 bits per heavy atom. The van der Waals surface area contributed by atoms with Gasteiger partial charge in [0.1, 0.15) is 0 Å². The molecule has 0 aliphatic heterocycles. The minimum absolute atomic E-state index is 0.0661. The van der Waals surface area contributed by atoms with Gasteiger partial charge in [0.15, 0.2) is 0 Å². The maximum Gasteiger partial charge on any atom is 0.257 e. The van der Waals surface area contributed by atoms with Crippen LogP contribution in [0.4, 0.5) is 0 Å². The van der Waals surface area contributed by atoms with Crippen molar-refractivity contribution in [3.8, 4) is 0 Å². The lowest BCUT2D eigenvalue weighted by atomic mass is 10.2. The summed E-state index contributed by atoms with van der Waals surface area (Å²) in [6.45, 7) is 7.93. The summed E-state index contributed by atoms with van der Waals surface area (Å²) in [5.74, 6) is -0.318. The lowest BCUT2D eigenvalue weighted by molar-refractivity contribution is -0.121. The second-order valence-corrected chi connectivity index (χ2v) is 4.78. The lowest BCUT2D eigenvalue weighted by Gasteiger charge is -2.20. The van der Waals surface area contributed by atoms with Crippen molar-refractivity contribution in [1.29, 1.82) is 0 Å². The van der Waals surface area contributed by atoms with Crippen LogP contribution in [0.5, 0.6) is 0 Å². The molecule has 0 unspecified atom stereocenters. The number of aromatic nitrogens is 2. The van der Waals surface area contributed by atoms with E-state index in [9.17, 15) is 9.59 Å². The zero-order chi connectivity index (χ0) is 15.8. The molecule has 1 rings (SSSR count). The Hall–Kier alpha value is -1.89. The molecule has 0 saturated heterocycles. The molecule has 7 nitrogen and oxygen atoms in total. The smallest absolute Gasteiger partial charge is 0.257 e. The molecule has 0 radical (unpaired) electrons. The molecule has 0 fully saturated rings. The molecule has 0 bridgehead atoms. The topological polar surface area (TPSA) is 93.2 Å². The average Bonchev–Trinajstić information content (AvgIpc) is 2.83. The first-order chi connectivity index (χ1) is 10.0. The number of rotatable bonds is 8. The summed E-state index contributed by atoms with van der Waals surface area (Å²) in [7, 11) is 0. The third-order valence-electron chi connectivity index (χ3n) is 3.28. The number of likely N-dealkylation sites (N-methyl/N-ethyl adjacent to an activating group) is 2. The number of hydrogen-bond donors (Lipinski definition) is 2. The Labute approximate surface area is 125 Å². The molecule has 0 atom stereocenters. The molecule has 1 aromatic rings. The molecule has 118 valence electrons. The quantitative estimate of drug-likeness (QED) is 0.713. The Morgan fingerprint density at radius 2 is 2.14 bits per heavy atom. The van der Waals surface area contributed by atoms with E-state index in [2.05, 4.69) is 10.4 Å². The second kappa shape index (κ2) is 8.41. The second-order valence-electron chi connectivity index (χ2n) is 4.78. The van der Waals surface area contributed by atoms with Crippen LogP contribution in [0.3, 0.4) is 0 Å². The van der Waals surface area contributed by atoms with E-state index in [1.54, 1.807) is 10.9 Å². The molecule has 0 saturated carbocycles. The number of carbonyl (C=O) groups is 2. The van der Waals surface area contributed by atoms with Crippen LogP contribution < -0.4 is 11.1 Å². The number of carbonyl (C=O) groups excluding carboxylic acids is 2. The summed E-state index contributed by atoms with van der Waals surface area (Å²) in [6, 6.07) is 0. The summed E-state index contributed by atoms with van der Waals surface area (Å²) in [6.07, 6.45) is 2.38. The molecule has 7 heteroatoms. The van der Waals surface area contributed by atoms with Crippen LogP contribution in [-0.4, -0.2) is 52.7 Å². The predicted molar refractivity (Wildman–Crippen MR) is 80.9 cm³/mol. The molecule has 0 spiro atoms. The van der Waals surface area contributed by atoms with Crippen LogP contribution in [-0.2, 0) is 11.3 Å². The first-order valence-electron chi connectivity index (χ1n) is 7.33. The number of amides is 2. The van der Waals surface area contributed by atoms with Gasteiger partial charge in [-0.3, -0.25) is 14.3 Å². The van der Waals surface area contributed by atoms with Crippen molar-refractivity contribution in [3.63, 3.8) is 0 Å². The van der Waals surface area contributed by atoms with Gasteiger partial charge in [0.25, 0.3) is 5.91 Å². The number of nitrogens with two attached hydrogens (primary N) is 1. The van der Waals surface area contributed by atoms with Gasteiger partial charge in [-0.15, -0.1) is 0 Å². The number of nitrogens with zero attached hydrogens (tertiary/aromatic N) is 3. The molecule has 2 amide bonds. The summed E-state index contributed by atoms with van der Waals surface area (Å²) < 4.78 is 1.78. The predicted octanol–water partition coefficient (Wildman–Crippen LogP) is 0.139. The third kappa shape index (κ3) is 4.56. The van der Waals surface area contributed by atoms with Crippen molar-refractivity contribution in [2.45, 2.75) is 33.7 Å². The van der Waals surface area contributed by atoms with Crippen LogP contribution in [0.25, 0.3) is 0 Å². The normalized spacial score (nSPS) is 10.5. The summed E-state index contributed by atoms with van der Waals surface area (Å²) in [4.78, 5) is 25.6. The largest absolute Gasteiger partial charge is 0.355 e. The highest BCUT2D eigenvalue weighted by Gasteiger charge is 2.21. The van der Waals surface area contributed by atoms with Crippen molar-refractivity contribution < 1.29 is 9.59 Å². The average molecular weight is 295 g/mol. The third-order valence-corrected chi connectivity index (χ3v) is 3.28. The SMILES string of the molecule is CCNC(=O)CN(CC)C(=O)c1cnn(CCCN)c1C. The minimum Gasteiger partial charge on any atom is -0.355 e. The standard InChI is InChI=1S/C14H25N5O2/c1-4-16-13(20)10-18(5-2)14(21)12-9-17-19(11(12)3)8-6-7-15/h9H,4-8,10,15H2,1-3H3,(H,16,20). The molecule has 1 heterocycles. The Morgan fingerprint density at radius 1 is 1.43 bits per heavy atom. The van der Waals surface area contributed by atoms with Crippen LogP contribution in [0, 0.1) is 6.92 Å². The summed E-state index contributed by atoms with van der Waals surface area (Å²) in [5.41, 5.74) is 6.83. The number of aryl methyl sites for hydroxylation is 1. The van der Waals surface area contributed by atoms with Gasteiger partial charge in [-0.25, -0.2) is 0 Å². The van der Waals surface area contributed by atoms with E-state index in [1.165, 1.54) is 4.90 Å². The maximum absolute atomic E-state index is 12.5. The van der Waals surface area contributed by atoms with Gasteiger partial charge in [-0.2, -0.15) is 5.10 Å². The van der Waals surface area contributed by atoms with Gasteiger partial charge in [0.2, 0.25) is 5.91 Å². The fourth-order valence-electron chi connectivity index (χ4n) is 2.05. The van der Waals surface area contributed by atoms with E-state index in [1.807, 2.05) is 20.8 Å². The molecule has 3 N–H and O–H groups in total. The Balaban J connectivity index is 2.80. The first kappa shape index (κ1) is 17.2. The van der Waals surface area contributed by atoms with Gasteiger partial charge in [0, 0.05) is 25.3 Å². The zero-order valence-corrected chi connectivity index (χ0v) is 13.1. The number of hydrogen-bond acceptors (Lipinski definition) is 4. The zero-order valence-electron chi connectivity index (χ0n) is 13.1. The first-order valence-corrected chi connectivity index (χ1v) is 7.33. The van der Waals surface area contributed by atoms with Crippen LogP contribution in [0.1, 0.15) is 36.3 Å². The van der Waals surface area contributed by atoms with E-state index in [-0.39, 0.29) is 18.4 Å². The van der Waals surface area contributed by atoms with E-state index in [0.717, 1.165) is 12.1 Å². The molecular weight excluding hydrogens is 270 g/mol. The molecule has 0 aliphatic rings. The summed E-state index contributed by atoms with van der Waals surface area (Å²) in [5, 5.41) is 6.92. The Kier molecular flexibility index (Phi) is 6.87. The minimum atomic E-state index is -0.166. The van der Waals surface area contributed by atoms with E-state index in [0.29, 0.717) is 31.7 Å². The summed E-state index contributed by atoms with van der Waals surface area (Å²) >= 11 is 0.